The van der Waals surface area contributed by atoms with E-state index in [1.165, 1.54) is 6.42 Å². The maximum absolute atomic E-state index is 12.0. The van der Waals surface area contributed by atoms with Gasteiger partial charge in [0.15, 0.2) is 0 Å². The van der Waals surface area contributed by atoms with Crippen LogP contribution in [0.15, 0.2) is 0 Å². The second kappa shape index (κ2) is 5.85. The maximum Gasteiger partial charge on any atom is 0.224 e. The van der Waals surface area contributed by atoms with Crippen LogP contribution in [0.2, 0.25) is 0 Å². The monoisotopic (exact) mass is 240 g/mol. The summed E-state index contributed by atoms with van der Waals surface area (Å²) in [5.74, 6) is 0.676. The molecule has 1 saturated carbocycles. The number of nitrogens with one attached hydrogen (secondary N) is 1. The van der Waals surface area contributed by atoms with Gasteiger partial charge in [-0.25, -0.2) is 0 Å². The summed E-state index contributed by atoms with van der Waals surface area (Å²) in [7, 11) is 0. The minimum absolute atomic E-state index is 0.0379. The molecule has 3 heteroatoms. The van der Waals surface area contributed by atoms with Gasteiger partial charge in [-0.2, -0.15) is 0 Å². The Morgan fingerprint density at radius 3 is 2.47 bits per heavy atom. The number of rotatable bonds is 3. The molecule has 0 heterocycles. The molecule has 0 radical (unpaired) electrons. The Kier molecular flexibility index (Phi) is 4.99. The van der Waals surface area contributed by atoms with Crippen LogP contribution in [0, 0.1) is 17.3 Å². The summed E-state index contributed by atoms with van der Waals surface area (Å²) in [6.45, 7) is 9.55. The van der Waals surface area contributed by atoms with Gasteiger partial charge in [0.2, 0.25) is 5.91 Å². The van der Waals surface area contributed by atoms with Crippen LogP contribution in [0.1, 0.15) is 53.4 Å². The zero-order valence-corrected chi connectivity index (χ0v) is 11.8. The summed E-state index contributed by atoms with van der Waals surface area (Å²) in [5.41, 5.74) is 6.25. The zero-order valence-electron chi connectivity index (χ0n) is 11.8. The first-order chi connectivity index (χ1) is 7.82. The number of carbonyl (C=O) groups is 1. The van der Waals surface area contributed by atoms with Crippen molar-refractivity contribution in [3.8, 4) is 0 Å². The molecular weight excluding hydrogens is 212 g/mol. The average molecular weight is 240 g/mol. The van der Waals surface area contributed by atoms with Gasteiger partial charge in [-0.3, -0.25) is 4.79 Å². The van der Waals surface area contributed by atoms with Crippen LogP contribution in [-0.2, 0) is 4.79 Å². The molecule has 1 amide bonds. The standard InChI is InChI=1S/C14H28N2O/c1-10(14(2,3)4)9-16-13(17)11-7-5-6-8-12(11)15/h10-12H,5-9,15H2,1-4H3,(H,16,17). The SMILES string of the molecule is CC(CNC(=O)C1CCCCC1N)C(C)(C)C. The van der Waals surface area contributed by atoms with Crippen LogP contribution in [0.3, 0.4) is 0 Å². The number of amides is 1. The highest BCUT2D eigenvalue weighted by Crippen LogP contribution is 2.26. The topological polar surface area (TPSA) is 55.1 Å². The van der Waals surface area contributed by atoms with E-state index in [-0.39, 0.29) is 23.3 Å². The van der Waals surface area contributed by atoms with E-state index in [4.69, 9.17) is 5.73 Å². The fourth-order valence-electron chi connectivity index (χ4n) is 2.18. The molecule has 1 aliphatic rings. The van der Waals surface area contributed by atoms with Gasteiger partial charge in [-0.1, -0.05) is 40.5 Å². The summed E-state index contributed by atoms with van der Waals surface area (Å²) in [6, 6.07) is 0.0636. The van der Waals surface area contributed by atoms with Crippen LogP contribution < -0.4 is 11.1 Å². The van der Waals surface area contributed by atoms with Gasteiger partial charge in [-0.05, 0) is 24.2 Å². The van der Waals surface area contributed by atoms with Gasteiger partial charge < -0.3 is 11.1 Å². The van der Waals surface area contributed by atoms with Crippen LogP contribution in [-0.4, -0.2) is 18.5 Å². The summed E-state index contributed by atoms with van der Waals surface area (Å²) in [6.07, 6.45) is 4.26. The van der Waals surface area contributed by atoms with E-state index < -0.39 is 0 Å². The molecule has 17 heavy (non-hydrogen) atoms. The van der Waals surface area contributed by atoms with Crippen molar-refractivity contribution < 1.29 is 4.79 Å². The second-order valence-electron chi connectivity index (χ2n) is 6.57. The lowest BCUT2D eigenvalue weighted by Crippen LogP contribution is -2.45. The Bertz CT molecular complexity index is 257. The van der Waals surface area contributed by atoms with Crippen LogP contribution in [0.25, 0.3) is 0 Å². The summed E-state index contributed by atoms with van der Waals surface area (Å²) in [4.78, 5) is 12.0. The number of carbonyl (C=O) groups excluding carboxylic acids is 1. The Hall–Kier alpha value is -0.570. The zero-order chi connectivity index (χ0) is 13.1. The molecule has 3 atom stereocenters. The molecule has 0 aromatic rings. The second-order valence-corrected chi connectivity index (χ2v) is 6.57. The first kappa shape index (κ1) is 14.5. The molecule has 0 spiro atoms. The molecule has 0 aromatic carbocycles. The van der Waals surface area contributed by atoms with Gasteiger partial charge in [0.1, 0.15) is 0 Å². The van der Waals surface area contributed by atoms with Gasteiger partial charge in [0.05, 0.1) is 5.92 Å². The summed E-state index contributed by atoms with van der Waals surface area (Å²) in [5, 5.41) is 3.07. The van der Waals surface area contributed by atoms with E-state index in [1.807, 2.05) is 0 Å². The Morgan fingerprint density at radius 2 is 1.94 bits per heavy atom. The lowest BCUT2D eigenvalue weighted by Gasteiger charge is -2.30. The van der Waals surface area contributed by atoms with E-state index in [0.717, 1.165) is 25.8 Å². The van der Waals surface area contributed by atoms with Crippen molar-refractivity contribution in [3.63, 3.8) is 0 Å². The van der Waals surface area contributed by atoms with E-state index in [1.54, 1.807) is 0 Å². The minimum atomic E-state index is 0.0379. The van der Waals surface area contributed by atoms with Crippen molar-refractivity contribution in [2.45, 2.75) is 59.4 Å². The predicted molar refractivity (Wildman–Crippen MR) is 71.6 cm³/mol. The van der Waals surface area contributed by atoms with Gasteiger partial charge >= 0.3 is 0 Å². The van der Waals surface area contributed by atoms with Crippen LogP contribution >= 0.6 is 0 Å². The molecule has 0 saturated heterocycles. The molecule has 100 valence electrons. The van der Waals surface area contributed by atoms with Gasteiger partial charge in [0.25, 0.3) is 0 Å². The van der Waals surface area contributed by atoms with Crippen molar-refractivity contribution in [1.29, 1.82) is 0 Å². The Labute approximate surface area is 106 Å². The molecule has 0 bridgehead atoms. The first-order valence-electron chi connectivity index (χ1n) is 6.85. The number of hydrogen-bond acceptors (Lipinski definition) is 2. The van der Waals surface area contributed by atoms with Gasteiger partial charge in [-0.15, -0.1) is 0 Å². The van der Waals surface area contributed by atoms with E-state index in [9.17, 15) is 4.79 Å². The normalized spacial score (nSPS) is 27.6. The number of hydrogen-bond donors (Lipinski definition) is 2. The summed E-state index contributed by atoms with van der Waals surface area (Å²) >= 11 is 0. The smallest absolute Gasteiger partial charge is 0.224 e. The quantitative estimate of drug-likeness (QED) is 0.795. The third kappa shape index (κ3) is 4.30. The molecule has 1 rings (SSSR count). The molecule has 3 N–H and O–H groups in total. The van der Waals surface area contributed by atoms with Crippen molar-refractivity contribution in [3.05, 3.63) is 0 Å². The van der Waals surface area contributed by atoms with Crippen molar-refractivity contribution in [1.82, 2.24) is 5.32 Å². The van der Waals surface area contributed by atoms with E-state index in [0.29, 0.717) is 5.92 Å². The number of nitrogens with two attached hydrogens (primary N) is 1. The maximum atomic E-state index is 12.0. The molecular formula is C14H28N2O. The van der Waals surface area contributed by atoms with Crippen LogP contribution in [0.4, 0.5) is 0 Å². The van der Waals surface area contributed by atoms with Crippen molar-refractivity contribution in [2.75, 3.05) is 6.54 Å². The predicted octanol–water partition coefficient (Wildman–Crippen LogP) is 2.30. The fourth-order valence-corrected chi connectivity index (χ4v) is 2.18. The van der Waals surface area contributed by atoms with Crippen LogP contribution in [0.5, 0.6) is 0 Å². The average Bonchev–Trinajstić information content (AvgIpc) is 2.24. The minimum Gasteiger partial charge on any atom is -0.356 e. The van der Waals surface area contributed by atoms with Crippen molar-refractivity contribution in [2.24, 2.45) is 23.0 Å². The highest BCUT2D eigenvalue weighted by Gasteiger charge is 2.29. The summed E-state index contributed by atoms with van der Waals surface area (Å²) < 4.78 is 0. The fraction of sp³-hybridized carbons (Fsp3) is 0.929. The molecule has 0 aromatic heterocycles. The molecule has 1 fully saturated rings. The molecule has 0 aliphatic heterocycles. The Balaban J connectivity index is 2.39. The van der Waals surface area contributed by atoms with E-state index >= 15 is 0 Å². The third-order valence-electron chi connectivity index (χ3n) is 4.22. The lowest BCUT2D eigenvalue weighted by molar-refractivity contribution is -0.126. The first-order valence-corrected chi connectivity index (χ1v) is 6.85. The lowest BCUT2D eigenvalue weighted by atomic mass is 9.81. The molecule has 3 unspecified atom stereocenters. The molecule has 3 nitrogen and oxygen atoms in total. The largest absolute Gasteiger partial charge is 0.356 e. The van der Waals surface area contributed by atoms with E-state index in [2.05, 4.69) is 33.0 Å². The highest BCUT2D eigenvalue weighted by atomic mass is 16.1. The van der Waals surface area contributed by atoms with Crippen molar-refractivity contribution >= 4 is 5.91 Å². The Morgan fingerprint density at radius 1 is 1.35 bits per heavy atom. The third-order valence-corrected chi connectivity index (χ3v) is 4.22. The van der Waals surface area contributed by atoms with Gasteiger partial charge in [0, 0.05) is 12.6 Å². The molecule has 1 aliphatic carbocycles. The highest BCUT2D eigenvalue weighted by molar-refractivity contribution is 5.79.